The lowest BCUT2D eigenvalue weighted by atomic mass is 10.1. The van der Waals surface area contributed by atoms with Crippen LogP contribution in [-0.4, -0.2) is 25.0 Å². The summed E-state index contributed by atoms with van der Waals surface area (Å²) in [5.74, 6) is 0.618. The molecule has 2 aromatic rings. The lowest BCUT2D eigenvalue weighted by Gasteiger charge is -2.26. The molecule has 1 N–H and O–H groups in total. The molecule has 1 aliphatic rings. The van der Waals surface area contributed by atoms with Gasteiger partial charge in [0, 0.05) is 24.3 Å². The van der Waals surface area contributed by atoms with Crippen LogP contribution in [0.15, 0.2) is 48.5 Å². The Labute approximate surface area is 147 Å². The predicted octanol–water partition coefficient (Wildman–Crippen LogP) is 3.53. The maximum absolute atomic E-state index is 12.0. The van der Waals surface area contributed by atoms with Crippen LogP contribution in [0.2, 0.25) is 0 Å². The SMILES string of the molecule is Cc1cccc(OCC(=O)Nc2ccc(N3CCCCC3=O)cc2)c1. The number of carbonyl (C=O) groups excluding carboxylic acids is 2. The van der Waals surface area contributed by atoms with Crippen molar-refractivity contribution in [1.29, 1.82) is 0 Å². The van der Waals surface area contributed by atoms with E-state index in [-0.39, 0.29) is 18.4 Å². The molecule has 1 heterocycles. The highest BCUT2D eigenvalue weighted by Gasteiger charge is 2.19. The van der Waals surface area contributed by atoms with Crippen molar-refractivity contribution in [2.24, 2.45) is 0 Å². The predicted molar refractivity (Wildman–Crippen MR) is 97.9 cm³/mol. The number of carbonyl (C=O) groups is 2. The van der Waals surface area contributed by atoms with Gasteiger partial charge >= 0.3 is 0 Å². The lowest BCUT2D eigenvalue weighted by molar-refractivity contribution is -0.119. The number of rotatable bonds is 5. The molecule has 0 aromatic heterocycles. The Hall–Kier alpha value is -2.82. The van der Waals surface area contributed by atoms with E-state index in [4.69, 9.17) is 4.74 Å². The Morgan fingerprint density at radius 2 is 1.96 bits per heavy atom. The van der Waals surface area contributed by atoms with Crippen LogP contribution in [0.3, 0.4) is 0 Å². The van der Waals surface area contributed by atoms with Gasteiger partial charge in [-0.15, -0.1) is 0 Å². The second-order valence-corrected chi connectivity index (χ2v) is 6.20. The van der Waals surface area contributed by atoms with E-state index in [1.54, 1.807) is 4.90 Å². The van der Waals surface area contributed by atoms with Crippen LogP contribution in [0.5, 0.6) is 5.75 Å². The summed E-state index contributed by atoms with van der Waals surface area (Å²) in [6.45, 7) is 2.69. The Kier molecular flexibility index (Phi) is 5.33. The Morgan fingerprint density at radius 3 is 2.68 bits per heavy atom. The molecule has 2 amide bonds. The van der Waals surface area contributed by atoms with E-state index in [1.165, 1.54) is 0 Å². The monoisotopic (exact) mass is 338 g/mol. The average molecular weight is 338 g/mol. The zero-order valence-corrected chi connectivity index (χ0v) is 14.3. The molecule has 3 rings (SSSR count). The highest BCUT2D eigenvalue weighted by molar-refractivity contribution is 5.95. The molecule has 0 radical (unpaired) electrons. The summed E-state index contributed by atoms with van der Waals surface area (Å²) in [5, 5.41) is 2.80. The molecule has 1 saturated heterocycles. The number of hydrogen-bond donors (Lipinski definition) is 1. The second-order valence-electron chi connectivity index (χ2n) is 6.20. The van der Waals surface area contributed by atoms with Crippen LogP contribution in [-0.2, 0) is 9.59 Å². The van der Waals surface area contributed by atoms with Gasteiger partial charge in [0.1, 0.15) is 5.75 Å². The van der Waals surface area contributed by atoms with E-state index >= 15 is 0 Å². The topological polar surface area (TPSA) is 58.6 Å². The Bertz CT molecular complexity index is 756. The number of nitrogens with one attached hydrogen (secondary N) is 1. The smallest absolute Gasteiger partial charge is 0.262 e. The Balaban J connectivity index is 1.54. The summed E-state index contributed by atoms with van der Waals surface area (Å²) in [4.78, 5) is 25.8. The maximum atomic E-state index is 12.0. The summed E-state index contributed by atoms with van der Waals surface area (Å²) in [7, 11) is 0. The van der Waals surface area contributed by atoms with Crippen molar-refractivity contribution in [1.82, 2.24) is 0 Å². The summed E-state index contributed by atoms with van der Waals surface area (Å²) < 4.78 is 5.49. The van der Waals surface area contributed by atoms with Gasteiger partial charge < -0.3 is 15.0 Å². The largest absolute Gasteiger partial charge is 0.484 e. The summed E-state index contributed by atoms with van der Waals surface area (Å²) in [6, 6.07) is 14.9. The van der Waals surface area contributed by atoms with Gasteiger partial charge in [-0.25, -0.2) is 0 Å². The van der Waals surface area contributed by atoms with E-state index in [0.29, 0.717) is 17.9 Å². The number of piperidine rings is 1. The highest BCUT2D eigenvalue weighted by atomic mass is 16.5. The Morgan fingerprint density at radius 1 is 1.16 bits per heavy atom. The number of aryl methyl sites for hydroxylation is 1. The third-order valence-corrected chi connectivity index (χ3v) is 4.15. The molecule has 25 heavy (non-hydrogen) atoms. The van der Waals surface area contributed by atoms with Crippen LogP contribution >= 0.6 is 0 Å². The van der Waals surface area contributed by atoms with E-state index in [2.05, 4.69) is 5.32 Å². The van der Waals surface area contributed by atoms with Gasteiger partial charge in [-0.1, -0.05) is 12.1 Å². The molecule has 130 valence electrons. The first-order chi connectivity index (χ1) is 12.1. The zero-order chi connectivity index (χ0) is 17.6. The van der Waals surface area contributed by atoms with E-state index in [0.717, 1.165) is 30.6 Å². The fourth-order valence-corrected chi connectivity index (χ4v) is 2.85. The maximum Gasteiger partial charge on any atom is 0.262 e. The van der Waals surface area contributed by atoms with Crippen molar-refractivity contribution in [2.45, 2.75) is 26.2 Å². The molecule has 0 aliphatic carbocycles. The van der Waals surface area contributed by atoms with Gasteiger partial charge in [0.05, 0.1) is 0 Å². The van der Waals surface area contributed by atoms with Gasteiger partial charge in [-0.2, -0.15) is 0 Å². The van der Waals surface area contributed by atoms with Crippen molar-refractivity contribution in [3.63, 3.8) is 0 Å². The number of ether oxygens (including phenoxy) is 1. The molecular weight excluding hydrogens is 316 g/mol. The third-order valence-electron chi connectivity index (χ3n) is 4.15. The van der Waals surface area contributed by atoms with Crippen molar-refractivity contribution in [2.75, 3.05) is 23.4 Å². The first-order valence-corrected chi connectivity index (χ1v) is 8.51. The first kappa shape index (κ1) is 17.0. The number of anilines is 2. The normalized spacial score (nSPS) is 14.3. The fourth-order valence-electron chi connectivity index (χ4n) is 2.85. The van der Waals surface area contributed by atoms with Crippen LogP contribution in [0.1, 0.15) is 24.8 Å². The van der Waals surface area contributed by atoms with Gasteiger partial charge in [-0.3, -0.25) is 9.59 Å². The van der Waals surface area contributed by atoms with Gasteiger partial charge in [-0.05, 0) is 61.7 Å². The van der Waals surface area contributed by atoms with Crippen LogP contribution < -0.4 is 15.0 Å². The number of hydrogen-bond acceptors (Lipinski definition) is 3. The minimum atomic E-state index is -0.219. The summed E-state index contributed by atoms with van der Waals surface area (Å²) in [6.07, 6.45) is 2.60. The molecular formula is C20H22N2O3. The zero-order valence-electron chi connectivity index (χ0n) is 14.3. The van der Waals surface area contributed by atoms with Gasteiger partial charge in [0.15, 0.2) is 6.61 Å². The second kappa shape index (κ2) is 7.83. The molecule has 0 saturated carbocycles. The van der Waals surface area contributed by atoms with Gasteiger partial charge in [0.25, 0.3) is 5.91 Å². The van der Waals surface area contributed by atoms with E-state index in [1.807, 2.05) is 55.5 Å². The standard InChI is InChI=1S/C20H22N2O3/c1-15-5-4-6-18(13-15)25-14-19(23)21-16-8-10-17(11-9-16)22-12-3-2-7-20(22)24/h4-6,8-11,13H,2-3,7,12,14H2,1H3,(H,21,23). The minimum absolute atomic E-state index is 0.0458. The van der Waals surface area contributed by atoms with Crippen molar-refractivity contribution in [3.8, 4) is 5.75 Å². The number of amides is 2. The summed E-state index contributed by atoms with van der Waals surface area (Å²) >= 11 is 0. The molecule has 0 atom stereocenters. The van der Waals surface area contributed by atoms with Crippen molar-refractivity contribution in [3.05, 3.63) is 54.1 Å². The molecule has 1 fully saturated rings. The van der Waals surface area contributed by atoms with Crippen molar-refractivity contribution >= 4 is 23.2 Å². The highest BCUT2D eigenvalue weighted by Crippen LogP contribution is 2.22. The molecule has 0 bridgehead atoms. The molecule has 5 heteroatoms. The summed E-state index contributed by atoms with van der Waals surface area (Å²) in [5.41, 5.74) is 2.64. The van der Waals surface area contributed by atoms with Crippen molar-refractivity contribution < 1.29 is 14.3 Å². The first-order valence-electron chi connectivity index (χ1n) is 8.51. The van der Waals surface area contributed by atoms with Crippen LogP contribution in [0.4, 0.5) is 11.4 Å². The lowest BCUT2D eigenvalue weighted by Crippen LogP contribution is -2.35. The molecule has 0 spiro atoms. The quantitative estimate of drug-likeness (QED) is 0.907. The molecule has 5 nitrogen and oxygen atoms in total. The number of benzene rings is 2. The third kappa shape index (κ3) is 4.59. The fraction of sp³-hybridized carbons (Fsp3) is 0.300. The molecule has 0 unspecified atom stereocenters. The average Bonchev–Trinajstić information content (AvgIpc) is 2.61. The van der Waals surface area contributed by atoms with E-state index in [9.17, 15) is 9.59 Å². The van der Waals surface area contributed by atoms with Crippen LogP contribution in [0.25, 0.3) is 0 Å². The number of nitrogens with zero attached hydrogens (tertiary/aromatic N) is 1. The molecule has 1 aliphatic heterocycles. The van der Waals surface area contributed by atoms with Gasteiger partial charge in [0.2, 0.25) is 5.91 Å². The minimum Gasteiger partial charge on any atom is -0.484 e. The van der Waals surface area contributed by atoms with Crippen LogP contribution in [0, 0.1) is 6.92 Å². The molecule has 2 aromatic carbocycles. The van der Waals surface area contributed by atoms with E-state index < -0.39 is 0 Å².